The van der Waals surface area contributed by atoms with Crippen LogP contribution in [0.1, 0.15) is 19.8 Å². The number of nitrogens with one attached hydrogen (secondary N) is 1. The number of hydrogen-bond acceptors (Lipinski definition) is 3. The zero-order valence-electron chi connectivity index (χ0n) is 8.42. The van der Waals surface area contributed by atoms with Crippen LogP contribution in [0.4, 0.5) is 0 Å². The lowest BCUT2D eigenvalue weighted by Gasteiger charge is -2.15. The van der Waals surface area contributed by atoms with Crippen molar-refractivity contribution in [3.63, 3.8) is 0 Å². The number of carbonyl (C=O) groups is 1. The molecule has 0 spiro atoms. The molecule has 0 bridgehead atoms. The maximum atomic E-state index is 11.3. The van der Waals surface area contributed by atoms with Crippen molar-refractivity contribution < 1.29 is 9.53 Å². The highest BCUT2D eigenvalue weighted by Gasteiger charge is 2.42. The first-order chi connectivity index (χ1) is 6.13. The standard InChI is InChI=1S/C9H17NO2S/c1-7(12-2)8(11)10-6-9(13-3)4-5-9/h7H,4-6H2,1-3H3,(H,10,11). The smallest absolute Gasteiger partial charge is 0.248 e. The van der Waals surface area contributed by atoms with E-state index >= 15 is 0 Å². The van der Waals surface area contributed by atoms with Gasteiger partial charge in [-0.1, -0.05) is 0 Å². The number of methoxy groups -OCH3 is 1. The Labute approximate surface area is 83.6 Å². The highest BCUT2D eigenvalue weighted by molar-refractivity contribution is 8.00. The van der Waals surface area contributed by atoms with E-state index in [-0.39, 0.29) is 12.0 Å². The SMILES string of the molecule is COC(C)C(=O)NCC1(SC)CC1. The molecule has 0 aromatic carbocycles. The minimum absolute atomic E-state index is 0.0113. The summed E-state index contributed by atoms with van der Waals surface area (Å²) in [6.45, 7) is 2.54. The van der Waals surface area contributed by atoms with Gasteiger partial charge in [0.2, 0.25) is 5.91 Å². The lowest BCUT2D eigenvalue weighted by molar-refractivity contribution is -0.130. The second-order valence-electron chi connectivity index (χ2n) is 3.48. The number of hydrogen-bond donors (Lipinski definition) is 1. The Kier molecular flexibility index (Phi) is 3.62. The summed E-state index contributed by atoms with van der Waals surface area (Å²) in [5, 5.41) is 2.90. The summed E-state index contributed by atoms with van der Waals surface area (Å²) in [5.41, 5.74) is 0. The third-order valence-electron chi connectivity index (χ3n) is 2.55. The summed E-state index contributed by atoms with van der Waals surface area (Å²) in [4.78, 5) is 11.3. The van der Waals surface area contributed by atoms with Gasteiger partial charge >= 0.3 is 0 Å². The fraction of sp³-hybridized carbons (Fsp3) is 0.889. The van der Waals surface area contributed by atoms with E-state index in [1.807, 2.05) is 11.8 Å². The van der Waals surface area contributed by atoms with Gasteiger partial charge in [-0.05, 0) is 26.0 Å². The third-order valence-corrected chi connectivity index (χ3v) is 3.97. The van der Waals surface area contributed by atoms with Crippen LogP contribution in [0.2, 0.25) is 0 Å². The number of rotatable bonds is 5. The molecule has 1 aliphatic carbocycles. The zero-order valence-corrected chi connectivity index (χ0v) is 9.24. The molecule has 1 unspecified atom stereocenters. The molecule has 4 heteroatoms. The van der Waals surface area contributed by atoms with Gasteiger partial charge in [-0.3, -0.25) is 4.79 Å². The molecule has 0 aliphatic heterocycles. The highest BCUT2D eigenvalue weighted by atomic mass is 32.2. The second-order valence-corrected chi connectivity index (χ2v) is 4.76. The van der Waals surface area contributed by atoms with Gasteiger partial charge in [-0.2, -0.15) is 11.8 Å². The van der Waals surface area contributed by atoms with Gasteiger partial charge < -0.3 is 10.1 Å². The van der Waals surface area contributed by atoms with Crippen molar-refractivity contribution in [3.05, 3.63) is 0 Å². The maximum Gasteiger partial charge on any atom is 0.248 e. The molecule has 0 heterocycles. The molecular formula is C9H17NO2S. The molecule has 1 saturated carbocycles. The van der Waals surface area contributed by atoms with E-state index in [9.17, 15) is 4.79 Å². The fourth-order valence-electron chi connectivity index (χ4n) is 1.09. The monoisotopic (exact) mass is 203 g/mol. The first-order valence-corrected chi connectivity index (χ1v) is 5.72. The van der Waals surface area contributed by atoms with Crippen LogP contribution in [0.5, 0.6) is 0 Å². The van der Waals surface area contributed by atoms with Crippen LogP contribution in [0.15, 0.2) is 0 Å². The van der Waals surface area contributed by atoms with Crippen LogP contribution in [0.25, 0.3) is 0 Å². The molecule has 13 heavy (non-hydrogen) atoms. The first-order valence-electron chi connectivity index (χ1n) is 4.49. The third kappa shape index (κ3) is 2.88. The largest absolute Gasteiger partial charge is 0.372 e. The Morgan fingerprint density at radius 3 is 2.69 bits per heavy atom. The number of amides is 1. The summed E-state index contributed by atoms with van der Waals surface area (Å²) >= 11 is 1.84. The Balaban J connectivity index is 2.22. The average molecular weight is 203 g/mol. The van der Waals surface area contributed by atoms with Gasteiger partial charge in [-0.15, -0.1) is 0 Å². The van der Waals surface area contributed by atoms with Gasteiger partial charge in [0.25, 0.3) is 0 Å². The lowest BCUT2D eigenvalue weighted by atomic mass is 10.3. The first kappa shape index (κ1) is 10.9. The average Bonchev–Trinajstić information content (AvgIpc) is 2.93. The predicted octanol–water partition coefficient (Wildman–Crippen LogP) is 1.03. The number of ether oxygens (including phenoxy) is 1. The maximum absolute atomic E-state index is 11.3. The molecule has 1 fully saturated rings. The van der Waals surface area contributed by atoms with E-state index in [4.69, 9.17) is 4.74 Å². The minimum atomic E-state index is -0.336. The Morgan fingerprint density at radius 1 is 1.69 bits per heavy atom. The van der Waals surface area contributed by atoms with Crippen molar-refractivity contribution in [2.24, 2.45) is 0 Å². The molecule has 1 rings (SSSR count). The zero-order chi connectivity index (χ0) is 9.90. The van der Waals surface area contributed by atoms with E-state index in [0.29, 0.717) is 4.75 Å². The molecule has 0 saturated heterocycles. The fourth-order valence-corrected chi connectivity index (χ4v) is 1.82. The van der Waals surface area contributed by atoms with E-state index < -0.39 is 0 Å². The normalized spacial score (nSPS) is 20.8. The van der Waals surface area contributed by atoms with Crippen molar-refractivity contribution in [2.45, 2.75) is 30.6 Å². The Hall–Kier alpha value is -0.220. The molecule has 1 N–H and O–H groups in total. The molecule has 1 aliphatic rings. The van der Waals surface area contributed by atoms with Crippen LogP contribution in [-0.2, 0) is 9.53 Å². The van der Waals surface area contributed by atoms with Crippen molar-refractivity contribution in [1.82, 2.24) is 5.32 Å². The Morgan fingerprint density at radius 2 is 2.31 bits per heavy atom. The summed E-state index contributed by atoms with van der Waals surface area (Å²) in [7, 11) is 1.55. The van der Waals surface area contributed by atoms with Gasteiger partial charge in [0.15, 0.2) is 0 Å². The van der Waals surface area contributed by atoms with Crippen molar-refractivity contribution in [3.8, 4) is 0 Å². The van der Waals surface area contributed by atoms with Crippen molar-refractivity contribution >= 4 is 17.7 Å². The summed E-state index contributed by atoms with van der Waals surface area (Å²) in [6.07, 6.45) is 4.20. The molecular weight excluding hydrogens is 186 g/mol. The quantitative estimate of drug-likeness (QED) is 0.725. The molecule has 76 valence electrons. The van der Waals surface area contributed by atoms with Crippen LogP contribution in [0, 0.1) is 0 Å². The molecule has 0 aromatic heterocycles. The number of thioether (sulfide) groups is 1. The lowest BCUT2D eigenvalue weighted by Crippen LogP contribution is -2.38. The number of carbonyl (C=O) groups excluding carboxylic acids is 1. The highest BCUT2D eigenvalue weighted by Crippen LogP contribution is 2.46. The van der Waals surface area contributed by atoms with Crippen molar-refractivity contribution in [1.29, 1.82) is 0 Å². The van der Waals surface area contributed by atoms with E-state index in [2.05, 4.69) is 11.6 Å². The van der Waals surface area contributed by atoms with E-state index in [1.54, 1.807) is 14.0 Å². The molecule has 1 atom stereocenters. The van der Waals surface area contributed by atoms with Gasteiger partial charge in [-0.25, -0.2) is 0 Å². The molecule has 1 amide bonds. The topological polar surface area (TPSA) is 38.3 Å². The summed E-state index contributed by atoms with van der Waals surface area (Å²) in [6, 6.07) is 0. The van der Waals surface area contributed by atoms with E-state index in [1.165, 1.54) is 12.8 Å². The van der Waals surface area contributed by atoms with Gasteiger partial charge in [0.05, 0.1) is 0 Å². The molecule has 0 radical (unpaired) electrons. The second kappa shape index (κ2) is 4.33. The minimum Gasteiger partial charge on any atom is -0.372 e. The molecule has 3 nitrogen and oxygen atoms in total. The van der Waals surface area contributed by atoms with Gasteiger partial charge in [0, 0.05) is 18.4 Å². The summed E-state index contributed by atoms with van der Waals surface area (Å²) < 4.78 is 5.25. The van der Waals surface area contributed by atoms with Crippen LogP contribution < -0.4 is 5.32 Å². The van der Waals surface area contributed by atoms with E-state index in [0.717, 1.165) is 6.54 Å². The Bertz CT molecular complexity index is 192. The van der Waals surface area contributed by atoms with Crippen LogP contribution >= 0.6 is 11.8 Å². The summed E-state index contributed by atoms with van der Waals surface area (Å²) in [5.74, 6) is -0.0113. The van der Waals surface area contributed by atoms with Crippen molar-refractivity contribution in [2.75, 3.05) is 19.9 Å². The van der Waals surface area contributed by atoms with Crippen LogP contribution in [0.3, 0.4) is 0 Å². The predicted molar refractivity (Wildman–Crippen MR) is 55.0 cm³/mol. The van der Waals surface area contributed by atoms with Gasteiger partial charge in [0.1, 0.15) is 6.10 Å². The molecule has 0 aromatic rings. The van der Waals surface area contributed by atoms with Crippen LogP contribution in [-0.4, -0.2) is 36.7 Å².